The third kappa shape index (κ3) is 20.3. The quantitative estimate of drug-likeness (QED) is 0.0324. The Balaban J connectivity index is 0.000000547. The van der Waals surface area contributed by atoms with Gasteiger partial charge >= 0.3 is 7.82 Å². The SMILES string of the molecule is C(=Cc1ccc(Oc2ccc(C=Cc3ccccc3)c(C=Cc3ccccc3)c2C=Cc2ccccc2)c(C=Cc2ccccc2)c1C=Cc1ccccc1)c1ccccc1.O=P(O)(O)O.OCCN(CCO)CCO. The molecule has 0 saturated carbocycles. The van der Waals surface area contributed by atoms with Gasteiger partial charge in [0.25, 0.3) is 0 Å². The summed E-state index contributed by atoms with van der Waals surface area (Å²) in [6.07, 6.45) is 26.2. The molecule has 0 atom stereocenters. The van der Waals surface area contributed by atoms with Gasteiger partial charge in [0, 0.05) is 30.8 Å². The fraction of sp³-hybridized carbons (Fsp3) is 0.0909. The molecule has 6 N–H and O–H groups in total. The van der Waals surface area contributed by atoms with E-state index in [1.54, 1.807) is 4.90 Å². The second-order valence-corrected chi connectivity index (χ2v) is 18.1. The van der Waals surface area contributed by atoms with Crippen molar-refractivity contribution in [3.63, 3.8) is 0 Å². The molecule has 8 rings (SSSR count). The van der Waals surface area contributed by atoms with Gasteiger partial charge in [0.05, 0.1) is 19.8 Å². The van der Waals surface area contributed by atoms with Crippen LogP contribution in [0.5, 0.6) is 11.5 Å². The van der Waals surface area contributed by atoms with Gasteiger partial charge in [-0.15, -0.1) is 0 Å². The molecular formula is C66H64NO8P. The van der Waals surface area contributed by atoms with E-state index in [9.17, 15) is 0 Å². The molecule has 0 aliphatic rings. The first-order valence-corrected chi connectivity index (χ1v) is 26.4. The van der Waals surface area contributed by atoms with Crippen LogP contribution in [0.2, 0.25) is 0 Å². The summed E-state index contributed by atoms with van der Waals surface area (Å²) in [6, 6.07) is 71.0. The lowest BCUT2D eigenvalue weighted by Crippen LogP contribution is -2.32. The molecule has 0 amide bonds. The molecule has 0 heterocycles. The molecule has 0 radical (unpaired) electrons. The molecule has 9 nitrogen and oxygen atoms in total. The maximum Gasteiger partial charge on any atom is 0.466 e. The molecule has 0 aliphatic carbocycles. The first-order valence-electron chi connectivity index (χ1n) is 24.8. The molecule has 0 bridgehead atoms. The van der Waals surface area contributed by atoms with Crippen LogP contribution in [0.25, 0.3) is 72.9 Å². The Bertz CT molecular complexity index is 2970. The van der Waals surface area contributed by atoms with Crippen LogP contribution in [-0.4, -0.2) is 74.4 Å². The lowest BCUT2D eigenvalue weighted by Gasteiger charge is -2.18. The van der Waals surface area contributed by atoms with Crippen LogP contribution < -0.4 is 4.74 Å². The standard InChI is InChI=1S/C60H46O.C6H15NO3.H3O4P/c1-7-19-47(20-8-1)31-37-53-39-45-59(57(43-35-51-27-15-5-16-28-51)55(53)41-33-49-23-11-3-12-24-49)61-60-46-40-54(38-32-48-21-9-2-10-22-48)56(42-34-50-25-13-4-14-26-50)58(60)44-36-52-29-17-6-18-30-52;8-4-1-7(2-5-9)3-6-10;1-5(2,3)4/h1-46H;8-10H,1-6H2;(H3,1,2,3,4). The lowest BCUT2D eigenvalue weighted by molar-refractivity contribution is 0.136. The van der Waals surface area contributed by atoms with Gasteiger partial charge in [-0.2, -0.15) is 0 Å². The van der Waals surface area contributed by atoms with Gasteiger partial charge in [-0.3, -0.25) is 4.90 Å². The molecular weight excluding hydrogens is 966 g/mol. The van der Waals surface area contributed by atoms with Crippen molar-refractivity contribution in [2.75, 3.05) is 39.5 Å². The van der Waals surface area contributed by atoms with Crippen molar-refractivity contribution >= 4 is 80.7 Å². The molecule has 0 saturated heterocycles. The summed E-state index contributed by atoms with van der Waals surface area (Å²) in [5.41, 5.74) is 12.9. The Labute approximate surface area is 446 Å². The number of phosphoric acid groups is 1. The van der Waals surface area contributed by atoms with Gasteiger partial charge in [0.2, 0.25) is 0 Å². The minimum Gasteiger partial charge on any atom is -0.456 e. The molecule has 0 unspecified atom stereocenters. The highest BCUT2D eigenvalue weighted by molar-refractivity contribution is 7.45. The van der Waals surface area contributed by atoms with Gasteiger partial charge in [-0.05, 0) is 67.8 Å². The summed E-state index contributed by atoms with van der Waals surface area (Å²) in [7, 11) is -4.64. The summed E-state index contributed by atoms with van der Waals surface area (Å²) in [6.45, 7) is 1.75. The van der Waals surface area contributed by atoms with Crippen LogP contribution in [0.3, 0.4) is 0 Å². The van der Waals surface area contributed by atoms with E-state index < -0.39 is 7.82 Å². The van der Waals surface area contributed by atoms with Gasteiger partial charge < -0.3 is 34.7 Å². The number of hydrogen-bond acceptors (Lipinski definition) is 6. The van der Waals surface area contributed by atoms with E-state index in [2.05, 4.69) is 243 Å². The van der Waals surface area contributed by atoms with Gasteiger partial charge in [0.1, 0.15) is 11.5 Å². The van der Waals surface area contributed by atoms with Crippen LogP contribution in [0.1, 0.15) is 66.8 Å². The number of aliphatic hydroxyl groups is 3. The van der Waals surface area contributed by atoms with Crippen LogP contribution in [-0.2, 0) is 4.57 Å². The first-order chi connectivity index (χ1) is 37.1. The second kappa shape index (κ2) is 31.6. The Kier molecular flexibility index (Phi) is 23.8. The van der Waals surface area contributed by atoms with Crippen LogP contribution in [0.4, 0.5) is 0 Å². The van der Waals surface area contributed by atoms with Crippen LogP contribution in [0, 0.1) is 0 Å². The van der Waals surface area contributed by atoms with E-state index >= 15 is 0 Å². The Morgan fingerprint density at radius 2 is 0.539 bits per heavy atom. The number of benzene rings is 8. The fourth-order valence-electron chi connectivity index (χ4n) is 7.80. The van der Waals surface area contributed by atoms with Crippen molar-refractivity contribution in [3.8, 4) is 11.5 Å². The highest BCUT2D eigenvalue weighted by atomic mass is 31.2. The summed E-state index contributed by atoms with van der Waals surface area (Å²) in [5.74, 6) is 1.49. The highest BCUT2D eigenvalue weighted by Crippen LogP contribution is 2.38. The molecule has 386 valence electrons. The third-order valence-electron chi connectivity index (χ3n) is 11.5. The average Bonchev–Trinajstić information content (AvgIpc) is 3.44. The smallest absolute Gasteiger partial charge is 0.456 e. The van der Waals surface area contributed by atoms with E-state index in [4.69, 9.17) is 39.3 Å². The van der Waals surface area contributed by atoms with Crippen molar-refractivity contribution in [2.24, 2.45) is 0 Å². The fourth-order valence-corrected chi connectivity index (χ4v) is 7.80. The summed E-state index contributed by atoms with van der Waals surface area (Å²) < 4.78 is 16.1. The van der Waals surface area contributed by atoms with Crippen LogP contribution in [0.15, 0.2) is 206 Å². The van der Waals surface area contributed by atoms with Crippen molar-refractivity contribution in [3.05, 3.63) is 273 Å². The molecule has 0 aliphatic heterocycles. The maximum absolute atomic E-state index is 8.88. The lowest BCUT2D eigenvalue weighted by atomic mass is 9.95. The topological polar surface area (TPSA) is 151 Å². The molecule has 8 aromatic carbocycles. The molecule has 0 fully saturated rings. The van der Waals surface area contributed by atoms with E-state index in [0.29, 0.717) is 19.6 Å². The zero-order chi connectivity index (χ0) is 53.6. The maximum atomic E-state index is 8.88. The van der Waals surface area contributed by atoms with E-state index in [0.717, 1.165) is 78.3 Å². The Hall–Kier alpha value is -8.05. The Morgan fingerprint density at radius 3 is 0.776 bits per heavy atom. The minimum atomic E-state index is -4.64. The van der Waals surface area contributed by atoms with Crippen molar-refractivity contribution in [2.45, 2.75) is 0 Å². The number of hydrogen-bond donors (Lipinski definition) is 6. The van der Waals surface area contributed by atoms with Crippen molar-refractivity contribution < 1.29 is 39.3 Å². The summed E-state index contributed by atoms with van der Waals surface area (Å²) in [4.78, 5) is 23.4. The zero-order valence-electron chi connectivity index (χ0n) is 42.2. The van der Waals surface area contributed by atoms with Gasteiger partial charge in [-0.25, -0.2) is 4.57 Å². The minimum absolute atomic E-state index is 0.0694. The number of aliphatic hydroxyl groups excluding tert-OH is 3. The predicted molar refractivity (Wildman–Crippen MR) is 317 cm³/mol. The molecule has 0 aromatic heterocycles. The normalized spacial score (nSPS) is 11.7. The predicted octanol–water partition coefficient (Wildman–Crippen LogP) is 13.8. The molecule has 0 spiro atoms. The van der Waals surface area contributed by atoms with E-state index in [-0.39, 0.29) is 19.8 Å². The molecule has 10 heteroatoms. The highest BCUT2D eigenvalue weighted by Gasteiger charge is 2.16. The largest absolute Gasteiger partial charge is 0.466 e. The van der Waals surface area contributed by atoms with Gasteiger partial charge in [-0.1, -0.05) is 267 Å². The second-order valence-electron chi connectivity index (χ2n) is 17.1. The Morgan fingerprint density at radius 1 is 0.316 bits per heavy atom. The molecule has 8 aromatic rings. The van der Waals surface area contributed by atoms with E-state index in [1.807, 2.05) is 36.4 Å². The first kappa shape index (κ1) is 57.2. The summed E-state index contributed by atoms with van der Waals surface area (Å²) in [5, 5.41) is 25.5. The average molecular weight is 1030 g/mol. The number of ether oxygens (including phenoxy) is 1. The number of rotatable bonds is 20. The third-order valence-corrected chi connectivity index (χ3v) is 11.5. The molecule has 76 heavy (non-hydrogen) atoms. The van der Waals surface area contributed by atoms with E-state index in [1.165, 1.54) is 0 Å². The summed E-state index contributed by atoms with van der Waals surface area (Å²) >= 11 is 0. The van der Waals surface area contributed by atoms with Crippen LogP contribution >= 0.6 is 7.82 Å². The zero-order valence-corrected chi connectivity index (χ0v) is 43.1. The monoisotopic (exact) mass is 1030 g/mol. The van der Waals surface area contributed by atoms with Gasteiger partial charge in [0.15, 0.2) is 0 Å². The number of nitrogens with zero attached hydrogens (tertiary/aromatic N) is 1. The van der Waals surface area contributed by atoms with Crippen molar-refractivity contribution in [1.29, 1.82) is 0 Å². The van der Waals surface area contributed by atoms with Crippen molar-refractivity contribution in [1.82, 2.24) is 4.90 Å².